The van der Waals surface area contributed by atoms with Crippen molar-refractivity contribution in [2.24, 2.45) is 0 Å². The topological polar surface area (TPSA) is 43.1 Å². The third kappa shape index (κ3) is 3.64. The van der Waals surface area contributed by atoms with Gasteiger partial charge in [-0.2, -0.15) is 0 Å². The third-order valence-corrected chi connectivity index (χ3v) is 3.56. The Bertz CT molecular complexity index is 594. The number of nitro groups is 1. The Morgan fingerprint density at radius 2 is 1.79 bits per heavy atom. The van der Waals surface area contributed by atoms with Crippen molar-refractivity contribution in [1.29, 1.82) is 0 Å². The molecule has 0 aromatic heterocycles. The lowest BCUT2D eigenvalue weighted by molar-refractivity contribution is -0.385. The number of halogens is 1. The smallest absolute Gasteiger partial charge is 0.258 e. The highest BCUT2D eigenvalue weighted by Crippen LogP contribution is 2.22. The van der Waals surface area contributed by atoms with Crippen LogP contribution in [0, 0.1) is 17.0 Å². The number of hydrogen-bond acceptors (Lipinski definition) is 2. The Morgan fingerprint density at radius 1 is 1.11 bits per heavy atom. The second-order valence-electron chi connectivity index (χ2n) is 4.52. The number of nitrogens with zero attached hydrogens (tertiary/aromatic N) is 1. The molecule has 0 aliphatic carbocycles. The number of rotatable bonds is 4. The minimum Gasteiger partial charge on any atom is -0.258 e. The van der Waals surface area contributed by atoms with Gasteiger partial charge in [-0.3, -0.25) is 10.1 Å². The van der Waals surface area contributed by atoms with Crippen LogP contribution < -0.4 is 0 Å². The summed E-state index contributed by atoms with van der Waals surface area (Å²) in [7, 11) is 0. The normalized spacial score (nSPS) is 10.4. The SMILES string of the molecule is Cc1ccc([N+](=O)[O-])c(CCc2ccc(Br)cc2)c1. The van der Waals surface area contributed by atoms with Gasteiger partial charge in [-0.1, -0.05) is 39.7 Å². The maximum atomic E-state index is 11.0. The highest BCUT2D eigenvalue weighted by molar-refractivity contribution is 9.10. The Morgan fingerprint density at radius 3 is 2.42 bits per heavy atom. The zero-order valence-corrected chi connectivity index (χ0v) is 12.2. The van der Waals surface area contributed by atoms with Gasteiger partial charge in [0.05, 0.1) is 4.92 Å². The van der Waals surface area contributed by atoms with Gasteiger partial charge in [0.1, 0.15) is 0 Å². The van der Waals surface area contributed by atoms with E-state index >= 15 is 0 Å². The lowest BCUT2D eigenvalue weighted by Crippen LogP contribution is -1.98. The molecule has 19 heavy (non-hydrogen) atoms. The molecule has 0 saturated carbocycles. The van der Waals surface area contributed by atoms with E-state index in [2.05, 4.69) is 15.9 Å². The molecule has 0 bridgehead atoms. The summed E-state index contributed by atoms with van der Waals surface area (Å²) in [5, 5.41) is 11.0. The van der Waals surface area contributed by atoms with Crippen LogP contribution in [-0.4, -0.2) is 4.92 Å². The van der Waals surface area contributed by atoms with Gasteiger partial charge in [-0.05, 0) is 43.5 Å². The zero-order valence-electron chi connectivity index (χ0n) is 10.6. The van der Waals surface area contributed by atoms with Crippen LogP contribution >= 0.6 is 15.9 Å². The van der Waals surface area contributed by atoms with Crippen molar-refractivity contribution in [2.45, 2.75) is 19.8 Å². The van der Waals surface area contributed by atoms with Crippen molar-refractivity contribution in [3.8, 4) is 0 Å². The summed E-state index contributed by atoms with van der Waals surface area (Å²) in [6.07, 6.45) is 1.48. The maximum absolute atomic E-state index is 11.0. The standard InChI is InChI=1S/C15H14BrNO2/c1-11-2-9-15(17(18)19)13(10-11)6-3-12-4-7-14(16)8-5-12/h2,4-5,7-10H,3,6H2,1H3. The minimum atomic E-state index is -0.309. The van der Waals surface area contributed by atoms with E-state index in [0.29, 0.717) is 6.42 Å². The van der Waals surface area contributed by atoms with Crippen LogP contribution in [0.2, 0.25) is 0 Å². The minimum absolute atomic E-state index is 0.211. The summed E-state index contributed by atoms with van der Waals surface area (Å²) < 4.78 is 1.04. The molecule has 3 nitrogen and oxygen atoms in total. The highest BCUT2D eigenvalue weighted by atomic mass is 79.9. The fraction of sp³-hybridized carbons (Fsp3) is 0.200. The molecule has 0 atom stereocenters. The van der Waals surface area contributed by atoms with Crippen molar-refractivity contribution in [1.82, 2.24) is 0 Å². The summed E-state index contributed by atoms with van der Waals surface area (Å²) in [6, 6.07) is 13.3. The van der Waals surface area contributed by atoms with Gasteiger partial charge in [-0.25, -0.2) is 0 Å². The molecule has 0 aliphatic heterocycles. The molecule has 0 saturated heterocycles. The van der Waals surface area contributed by atoms with Gasteiger partial charge < -0.3 is 0 Å². The molecule has 2 rings (SSSR count). The molecule has 0 heterocycles. The highest BCUT2D eigenvalue weighted by Gasteiger charge is 2.13. The van der Waals surface area contributed by atoms with Gasteiger partial charge in [0, 0.05) is 16.1 Å². The molecule has 98 valence electrons. The summed E-state index contributed by atoms with van der Waals surface area (Å²) in [6.45, 7) is 1.95. The average Bonchev–Trinajstić information content (AvgIpc) is 2.38. The molecule has 4 heteroatoms. The van der Waals surface area contributed by atoms with Crippen molar-refractivity contribution in [2.75, 3.05) is 0 Å². The number of hydrogen-bond donors (Lipinski definition) is 0. The first-order valence-corrected chi connectivity index (χ1v) is 6.84. The molecule has 0 unspecified atom stereocenters. The predicted octanol–water partition coefficient (Wildman–Crippen LogP) is 4.45. The number of nitro benzene ring substituents is 1. The number of aryl methyl sites for hydroxylation is 3. The van der Waals surface area contributed by atoms with Crippen molar-refractivity contribution >= 4 is 21.6 Å². The van der Waals surface area contributed by atoms with E-state index < -0.39 is 0 Å². The van der Waals surface area contributed by atoms with E-state index in [9.17, 15) is 10.1 Å². The lowest BCUT2D eigenvalue weighted by atomic mass is 10.0. The second kappa shape index (κ2) is 5.97. The summed E-state index contributed by atoms with van der Waals surface area (Å²) in [5.41, 5.74) is 3.24. The molecule has 0 N–H and O–H groups in total. The molecule has 0 aliphatic rings. The third-order valence-electron chi connectivity index (χ3n) is 3.03. The molecule has 2 aromatic carbocycles. The van der Waals surface area contributed by atoms with Crippen LogP contribution in [0.3, 0.4) is 0 Å². The zero-order chi connectivity index (χ0) is 13.8. The van der Waals surface area contributed by atoms with Crippen LogP contribution in [0.5, 0.6) is 0 Å². The van der Waals surface area contributed by atoms with Crippen molar-refractivity contribution in [3.63, 3.8) is 0 Å². The first kappa shape index (κ1) is 13.7. The first-order valence-electron chi connectivity index (χ1n) is 6.04. The fourth-order valence-electron chi connectivity index (χ4n) is 2.02. The Kier molecular flexibility index (Phi) is 4.32. The van der Waals surface area contributed by atoms with Gasteiger partial charge in [0.25, 0.3) is 5.69 Å². The Hall–Kier alpha value is -1.68. The second-order valence-corrected chi connectivity index (χ2v) is 5.43. The first-order chi connectivity index (χ1) is 9.06. The monoisotopic (exact) mass is 319 g/mol. The molecular weight excluding hydrogens is 306 g/mol. The van der Waals surface area contributed by atoms with E-state index in [0.717, 1.165) is 22.0 Å². The quantitative estimate of drug-likeness (QED) is 0.617. The van der Waals surface area contributed by atoms with Crippen LogP contribution in [0.4, 0.5) is 5.69 Å². The Labute approximate surface area is 120 Å². The average molecular weight is 320 g/mol. The molecule has 0 spiro atoms. The molecule has 0 fully saturated rings. The number of benzene rings is 2. The van der Waals surface area contributed by atoms with Crippen molar-refractivity contribution < 1.29 is 4.92 Å². The van der Waals surface area contributed by atoms with Crippen LogP contribution in [0.1, 0.15) is 16.7 Å². The fourth-order valence-corrected chi connectivity index (χ4v) is 2.29. The van der Waals surface area contributed by atoms with E-state index in [1.54, 1.807) is 12.1 Å². The van der Waals surface area contributed by atoms with Gasteiger partial charge >= 0.3 is 0 Å². The summed E-state index contributed by atoms with van der Waals surface area (Å²) in [5.74, 6) is 0. The summed E-state index contributed by atoms with van der Waals surface area (Å²) in [4.78, 5) is 10.7. The van der Waals surface area contributed by atoms with Gasteiger partial charge in [0.2, 0.25) is 0 Å². The summed E-state index contributed by atoms with van der Waals surface area (Å²) >= 11 is 3.39. The molecule has 2 aromatic rings. The molecule has 0 radical (unpaired) electrons. The van der Waals surface area contributed by atoms with Crippen molar-refractivity contribution in [3.05, 3.63) is 73.7 Å². The van der Waals surface area contributed by atoms with E-state index in [1.807, 2.05) is 37.3 Å². The molecular formula is C15H14BrNO2. The van der Waals surface area contributed by atoms with Gasteiger partial charge in [-0.15, -0.1) is 0 Å². The largest absolute Gasteiger partial charge is 0.272 e. The van der Waals surface area contributed by atoms with Crippen LogP contribution in [0.15, 0.2) is 46.9 Å². The van der Waals surface area contributed by atoms with E-state index in [4.69, 9.17) is 0 Å². The van der Waals surface area contributed by atoms with Crippen LogP contribution in [0.25, 0.3) is 0 Å². The van der Waals surface area contributed by atoms with Crippen LogP contribution in [-0.2, 0) is 12.8 Å². The molecule has 0 amide bonds. The van der Waals surface area contributed by atoms with Gasteiger partial charge in [0.15, 0.2) is 0 Å². The predicted molar refractivity (Wildman–Crippen MR) is 79.4 cm³/mol. The Balaban J connectivity index is 2.16. The van der Waals surface area contributed by atoms with E-state index in [1.165, 1.54) is 5.56 Å². The lowest BCUT2D eigenvalue weighted by Gasteiger charge is -2.05. The van der Waals surface area contributed by atoms with E-state index in [-0.39, 0.29) is 10.6 Å². The maximum Gasteiger partial charge on any atom is 0.272 e.